The molecule has 124 valence electrons. The van der Waals surface area contributed by atoms with Crippen molar-refractivity contribution in [2.45, 2.75) is 32.3 Å². The van der Waals surface area contributed by atoms with Crippen molar-refractivity contribution < 1.29 is 14.3 Å². The number of carbonyl (C=O) groups is 2. The third-order valence-electron chi connectivity index (χ3n) is 4.70. The van der Waals surface area contributed by atoms with Crippen LogP contribution in [0.1, 0.15) is 26.2 Å². The van der Waals surface area contributed by atoms with Gasteiger partial charge in [-0.05, 0) is 25.0 Å². The lowest BCUT2D eigenvalue weighted by Crippen LogP contribution is -2.43. The molecule has 1 aromatic heterocycles. The zero-order valence-electron chi connectivity index (χ0n) is 13.5. The summed E-state index contributed by atoms with van der Waals surface area (Å²) in [4.78, 5) is 31.7. The highest BCUT2D eigenvalue weighted by molar-refractivity contribution is 5.80. The van der Waals surface area contributed by atoms with Crippen molar-refractivity contribution in [3.05, 3.63) is 24.5 Å². The molecule has 2 aliphatic heterocycles. The van der Waals surface area contributed by atoms with Gasteiger partial charge in [0.25, 0.3) is 0 Å². The van der Waals surface area contributed by atoms with Crippen molar-refractivity contribution in [1.29, 1.82) is 0 Å². The van der Waals surface area contributed by atoms with Gasteiger partial charge in [0.05, 0.1) is 6.54 Å². The van der Waals surface area contributed by atoms with Crippen LogP contribution >= 0.6 is 0 Å². The Morgan fingerprint density at radius 2 is 1.74 bits per heavy atom. The van der Waals surface area contributed by atoms with E-state index in [1.807, 2.05) is 21.9 Å². The molecule has 6 nitrogen and oxygen atoms in total. The van der Waals surface area contributed by atoms with Crippen LogP contribution < -0.4 is 4.74 Å². The van der Waals surface area contributed by atoms with E-state index < -0.39 is 0 Å². The average Bonchev–Trinajstić information content (AvgIpc) is 3.03. The van der Waals surface area contributed by atoms with Crippen molar-refractivity contribution in [1.82, 2.24) is 14.8 Å². The largest absolute Gasteiger partial charge is 0.488 e. The molecule has 0 unspecified atom stereocenters. The monoisotopic (exact) mass is 317 g/mol. The fraction of sp³-hybridized carbons (Fsp3) is 0.588. The Bertz CT molecular complexity index is 555. The van der Waals surface area contributed by atoms with Crippen LogP contribution in [0.5, 0.6) is 5.75 Å². The number of ether oxygens (including phenoxy) is 1. The van der Waals surface area contributed by atoms with Crippen molar-refractivity contribution in [3.8, 4) is 5.75 Å². The van der Waals surface area contributed by atoms with Gasteiger partial charge in [-0.3, -0.25) is 14.6 Å². The van der Waals surface area contributed by atoms with E-state index in [0.29, 0.717) is 19.6 Å². The predicted octanol–water partition coefficient (Wildman–Crippen LogP) is 1.32. The second kappa shape index (κ2) is 6.98. The molecule has 0 aliphatic carbocycles. The number of amides is 2. The molecule has 0 aromatic carbocycles. The lowest BCUT2D eigenvalue weighted by Gasteiger charge is -2.32. The maximum atomic E-state index is 12.6. The second-order valence-corrected chi connectivity index (χ2v) is 6.28. The fourth-order valence-corrected chi connectivity index (χ4v) is 3.33. The summed E-state index contributed by atoms with van der Waals surface area (Å²) >= 11 is 0. The number of likely N-dealkylation sites (tertiary alicyclic amines) is 2. The van der Waals surface area contributed by atoms with Crippen LogP contribution in [0.15, 0.2) is 24.5 Å². The molecule has 3 heterocycles. The van der Waals surface area contributed by atoms with E-state index in [1.165, 1.54) is 0 Å². The molecule has 2 saturated heterocycles. The van der Waals surface area contributed by atoms with Crippen LogP contribution in [-0.2, 0) is 9.59 Å². The summed E-state index contributed by atoms with van der Waals surface area (Å²) in [7, 11) is 0. The number of hydrogen-bond donors (Lipinski definition) is 0. The van der Waals surface area contributed by atoms with Gasteiger partial charge >= 0.3 is 0 Å². The number of pyridine rings is 1. The number of aromatic nitrogens is 1. The highest BCUT2D eigenvalue weighted by Crippen LogP contribution is 2.24. The van der Waals surface area contributed by atoms with E-state index >= 15 is 0 Å². The molecule has 1 atom stereocenters. The lowest BCUT2D eigenvalue weighted by molar-refractivity contribution is -0.139. The Morgan fingerprint density at radius 3 is 2.39 bits per heavy atom. The molecule has 0 N–H and O–H groups in total. The maximum Gasteiger partial charge on any atom is 0.225 e. The van der Waals surface area contributed by atoms with Crippen LogP contribution in [0, 0.1) is 5.92 Å². The topological polar surface area (TPSA) is 62.7 Å². The van der Waals surface area contributed by atoms with Gasteiger partial charge in [-0.2, -0.15) is 0 Å². The molecule has 0 radical (unpaired) electrons. The second-order valence-electron chi connectivity index (χ2n) is 6.28. The molecule has 0 saturated carbocycles. The summed E-state index contributed by atoms with van der Waals surface area (Å²) in [6.07, 6.45) is 5.86. The normalized spacial score (nSPS) is 22.2. The smallest absolute Gasteiger partial charge is 0.225 e. The van der Waals surface area contributed by atoms with Gasteiger partial charge < -0.3 is 14.5 Å². The molecule has 0 spiro atoms. The molecule has 2 amide bonds. The van der Waals surface area contributed by atoms with Crippen LogP contribution in [0.2, 0.25) is 0 Å². The minimum atomic E-state index is 0.0466. The molecule has 1 aromatic rings. The summed E-state index contributed by atoms with van der Waals surface area (Å²) in [5, 5.41) is 0. The van der Waals surface area contributed by atoms with E-state index in [1.54, 1.807) is 19.3 Å². The van der Waals surface area contributed by atoms with Gasteiger partial charge in [-0.25, -0.2) is 0 Å². The zero-order chi connectivity index (χ0) is 16.2. The van der Waals surface area contributed by atoms with Crippen LogP contribution in [0.4, 0.5) is 0 Å². The van der Waals surface area contributed by atoms with Crippen molar-refractivity contribution >= 4 is 11.8 Å². The first-order valence-corrected chi connectivity index (χ1v) is 8.24. The Hall–Kier alpha value is -2.11. The Balaban J connectivity index is 1.49. The summed E-state index contributed by atoms with van der Waals surface area (Å²) in [6.45, 7) is 4.37. The van der Waals surface area contributed by atoms with Crippen LogP contribution in [-0.4, -0.2) is 58.9 Å². The predicted molar refractivity (Wildman–Crippen MR) is 84.8 cm³/mol. The number of rotatable bonds is 3. The highest BCUT2D eigenvalue weighted by Gasteiger charge is 2.33. The van der Waals surface area contributed by atoms with Crippen molar-refractivity contribution in [2.75, 3.05) is 26.2 Å². The van der Waals surface area contributed by atoms with Crippen LogP contribution in [0.25, 0.3) is 0 Å². The molecular weight excluding hydrogens is 294 g/mol. The summed E-state index contributed by atoms with van der Waals surface area (Å²) in [6, 6.07) is 3.67. The molecule has 23 heavy (non-hydrogen) atoms. The SMILES string of the molecule is CC(=O)N1CCC(C(=O)N2CC[C@H](Oc3ccncc3)C2)CC1. The highest BCUT2D eigenvalue weighted by atomic mass is 16.5. The van der Waals surface area contributed by atoms with Gasteiger partial charge in [-0.1, -0.05) is 0 Å². The molecule has 2 aliphatic rings. The standard InChI is InChI=1S/C17H23N3O3/c1-13(21)19-9-4-14(5-10-19)17(22)20-11-6-16(12-20)23-15-2-7-18-8-3-15/h2-3,7-8,14,16H,4-6,9-12H2,1H3/t16-/m0/s1. The van der Waals surface area contributed by atoms with Crippen molar-refractivity contribution in [3.63, 3.8) is 0 Å². The summed E-state index contributed by atoms with van der Waals surface area (Å²) < 4.78 is 5.90. The maximum absolute atomic E-state index is 12.6. The molecule has 6 heteroatoms. The van der Waals surface area contributed by atoms with Gasteiger partial charge in [-0.15, -0.1) is 0 Å². The first-order valence-electron chi connectivity index (χ1n) is 8.24. The van der Waals surface area contributed by atoms with E-state index in [9.17, 15) is 9.59 Å². The fourth-order valence-electron chi connectivity index (χ4n) is 3.33. The third-order valence-corrected chi connectivity index (χ3v) is 4.70. The molecule has 3 rings (SSSR count). The minimum absolute atomic E-state index is 0.0466. The van der Waals surface area contributed by atoms with Gasteiger partial charge in [0.15, 0.2) is 0 Å². The van der Waals surface area contributed by atoms with E-state index in [4.69, 9.17) is 4.74 Å². The Labute approximate surface area is 136 Å². The molecular formula is C17H23N3O3. The third kappa shape index (κ3) is 3.81. The first-order chi connectivity index (χ1) is 11.1. The van der Waals surface area contributed by atoms with Gasteiger partial charge in [0.1, 0.15) is 11.9 Å². The summed E-state index contributed by atoms with van der Waals surface area (Å²) in [5.41, 5.74) is 0. The average molecular weight is 317 g/mol. The number of nitrogens with zero attached hydrogens (tertiary/aromatic N) is 3. The van der Waals surface area contributed by atoms with E-state index in [2.05, 4.69) is 4.98 Å². The quantitative estimate of drug-likeness (QED) is 0.843. The lowest BCUT2D eigenvalue weighted by atomic mass is 9.95. The molecule has 0 bridgehead atoms. The number of carbonyl (C=O) groups excluding carboxylic acids is 2. The number of hydrogen-bond acceptors (Lipinski definition) is 4. The molecule has 2 fully saturated rings. The van der Waals surface area contributed by atoms with Crippen molar-refractivity contribution in [2.24, 2.45) is 5.92 Å². The van der Waals surface area contributed by atoms with E-state index in [0.717, 1.165) is 31.6 Å². The van der Waals surface area contributed by atoms with Gasteiger partial charge in [0.2, 0.25) is 11.8 Å². The van der Waals surface area contributed by atoms with Gasteiger partial charge in [0, 0.05) is 51.3 Å². The zero-order valence-corrected chi connectivity index (χ0v) is 13.5. The minimum Gasteiger partial charge on any atom is -0.488 e. The summed E-state index contributed by atoms with van der Waals surface area (Å²) in [5.74, 6) is 1.16. The Morgan fingerprint density at radius 1 is 1.09 bits per heavy atom. The number of piperidine rings is 1. The van der Waals surface area contributed by atoms with Crippen LogP contribution in [0.3, 0.4) is 0 Å². The van der Waals surface area contributed by atoms with E-state index in [-0.39, 0.29) is 23.8 Å². The first kappa shape index (κ1) is 15.8. The Kier molecular flexibility index (Phi) is 4.79.